The molecule has 0 radical (unpaired) electrons. The molecule has 0 atom stereocenters. The average Bonchev–Trinajstić information content (AvgIpc) is 2.49. The smallest absolute Gasteiger partial charge is 0.303 e. The lowest BCUT2D eigenvalue weighted by atomic mass is 9.72. The Morgan fingerprint density at radius 2 is 2.09 bits per heavy atom. The minimum Gasteiger partial charge on any atom is -0.504 e. The summed E-state index contributed by atoms with van der Waals surface area (Å²) in [6.45, 7) is 0.530. The van der Waals surface area contributed by atoms with E-state index in [2.05, 4.69) is 4.99 Å². The first-order valence-corrected chi connectivity index (χ1v) is 7.63. The molecule has 5 nitrogen and oxygen atoms in total. The Hall–Kier alpha value is -2.04. The second-order valence-electron chi connectivity index (χ2n) is 6.03. The molecule has 0 heterocycles. The number of carboxylic acid groups (broad SMARTS) is 1. The summed E-state index contributed by atoms with van der Waals surface area (Å²) in [6.07, 6.45) is 7.10. The van der Waals surface area contributed by atoms with Crippen molar-refractivity contribution >= 4 is 12.2 Å². The quantitative estimate of drug-likeness (QED) is 0.791. The fraction of sp³-hybridized carbons (Fsp3) is 0.529. The number of aliphatic imine (C=N–C) groups is 1. The van der Waals surface area contributed by atoms with Gasteiger partial charge in [-0.1, -0.05) is 19.3 Å². The van der Waals surface area contributed by atoms with Crippen molar-refractivity contribution in [3.8, 4) is 11.5 Å². The van der Waals surface area contributed by atoms with Gasteiger partial charge in [-0.3, -0.25) is 9.79 Å². The van der Waals surface area contributed by atoms with Gasteiger partial charge in [-0.15, -0.1) is 0 Å². The summed E-state index contributed by atoms with van der Waals surface area (Å²) >= 11 is 0. The van der Waals surface area contributed by atoms with Crippen LogP contribution in [0.25, 0.3) is 0 Å². The summed E-state index contributed by atoms with van der Waals surface area (Å²) < 4.78 is 5.06. The SMILES string of the molecule is COc1cc(C=NCC2(CC(=O)O)CCCCC2)ccc1O. The van der Waals surface area contributed by atoms with Crippen LogP contribution in [-0.4, -0.2) is 36.1 Å². The van der Waals surface area contributed by atoms with E-state index < -0.39 is 5.97 Å². The topological polar surface area (TPSA) is 79.1 Å². The highest BCUT2D eigenvalue weighted by Crippen LogP contribution is 2.39. The second kappa shape index (κ2) is 7.29. The van der Waals surface area contributed by atoms with Gasteiger partial charge in [-0.2, -0.15) is 0 Å². The maximum absolute atomic E-state index is 11.1. The lowest BCUT2D eigenvalue weighted by Gasteiger charge is -2.34. The van der Waals surface area contributed by atoms with Gasteiger partial charge in [0, 0.05) is 18.2 Å². The maximum atomic E-state index is 11.1. The number of benzene rings is 1. The Bertz CT molecular complexity index is 548. The summed E-state index contributed by atoms with van der Waals surface area (Å²) in [5, 5.41) is 18.7. The highest BCUT2D eigenvalue weighted by atomic mass is 16.5. The average molecular weight is 305 g/mol. The standard InChI is InChI=1S/C17H23NO4/c1-22-15-9-13(5-6-14(15)19)11-18-12-17(10-16(20)21)7-3-2-4-8-17/h5-6,9,11,19H,2-4,7-8,10,12H2,1H3,(H,20,21). The summed E-state index contributed by atoms with van der Waals surface area (Å²) in [5.41, 5.74) is 0.623. The highest BCUT2D eigenvalue weighted by Gasteiger charge is 2.33. The van der Waals surface area contributed by atoms with E-state index >= 15 is 0 Å². The zero-order chi connectivity index (χ0) is 16.0. The van der Waals surface area contributed by atoms with Crippen molar-refractivity contribution < 1.29 is 19.7 Å². The van der Waals surface area contributed by atoms with Crippen molar-refractivity contribution in [2.24, 2.45) is 10.4 Å². The molecule has 0 aliphatic heterocycles. The van der Waals surface area contributed by atoms with Crippen LogP contribution in [-0.2, 0) is 4.79 Å². The number of nitrogens with zero attached hydrogens (tertiary/aromatic N) is 1. The molecule has 2 N–H and O–H groups in total. The number of ether oxygens (including phenoxy) is 1. The fourth-order valence-electron chi connectivity index (χ4n) is 3.13. The van der Waals surface area contributed by atoms with Crippen molar-refractivity contribution in [3.05, 3.63) is 23.8 Å². The normalized spacial score (nSPS) is 17.5. The molecule has 22 heavy (non-hydrogen) atoms. The summed E-state index contributed by atoms with van der Waals surface area (Å²) in [6, 6.07) is 5.03. The number of carbonyl (C=O) groups is 1. The van der Waals surface area contributed by atoms with Gasteiger partial charge in [0.2, 0.25) is 0 Å². The molecule has 1 aromatic carbocycles. The minimum absolute atomic E-state index is 0.0919. The Morgan fingerprint density at radius 3 is 2.73 bits per heavy atom. The number of phenols is 1. The Balaban J connectivity index is 2.06. The van der Waals surface area contributed by atoms with E-state index in [4.69, 9.17) is 9.84 Å². The first-order valence-electron chi connectivity index (χ1n) is 7.63. The van der Waals surface area contributed by atoms with Gasteiger partial charge < -0.3 is 14.9 Å². The van der Waals surface area contributed by atoms with E-state index in [-0.39, 0.29) is 17.6 Å². The molecule has 1 aromatic rings. The number of rotatable bonds is 6. The van der Waals surface area contributed by atoms with Gasteiger partial charge in [-0.25, -0.2) is 0 Å². The predicted octanol–water partition coefficient (Wildman–Crippen LogP) is 3.24. The van der Waals surface area contributed by atoms with Gasteiger partial charge in [0.15, 0.2) is 11.5 Å². The number of aliphatic carboxylic acids is 1. The first-order chi connectivity index (χ1) is 10.5. The van der Waals surface area contributed by atoms with Gasteiger partial charge in [-0.05, 0) is 36.6 Å². The van der Waals surface area contributed by atoms with E-state index in [9.17, 15) is 9.90 Å². The molecule has 1 aliphatic carbocycles. The van der Waals surface area contributed by atoms with E-state index in [1.165, 1.54) is 13.5 Å². The summed E-state index contributed by atoms with van der Waals surface area (Å²) in [4.78, 5) is 15.6. The molecule has 0 bridgehead atoms. The Labute approximate surface area is 130 Å². The molecular weight excluding hydrogens is 282 g/mol. The molecule has 1 fully saturated rings. The number of phenolic OH excluding ortho intramolecular Hbond substituents is 1. The molecule has 0 unspecified atom stereocenters. The third kappa shape index (κ3) is 4.23. The Morgan fingerprint density at radius 1 is 1.36 bits per heavy atom. The number of carboxylic acids is 1. The molecule has 5 heteroatoms. The largest absolute Gasteiger partial charge is 0.504 e. The molecule has 120 valence electrons. The molecule has 1 saturated carbocycles. The van der Waals surface area contributed by atoms with Crippen LogP contribution < -0.4 is 4.74 Å². The molecule has 0 aromatic heterocycles. The van der Waals surface area contributed by atoms with Crippen LogP contribution in [0.3, 0.4) is 0 Å². The van der Waals surface area contributed by atoms with Crippen LogP contribution in [0, 0.1) is 5.41 Å². The first kappa shape index (κ1) is 16.3. The number of methoxy groups -OCH3 is 1. The van der Waals surface area contributed by atoms with Crippen LogP contribution in [0.2, 0.25) is 0 Å². The molecule has 0 amide bonds. The van der Waals surface area contributed by atoms with Gasteiger partial charge in [0.25, 0.3) is 0 Å². The van der Waals surface area contributed by atoms with Crippen LogP contribution in [0.4, 0.5) is 0 Å². The second-order valence-corrected chi connectivity index (χ2v) is 6.03. The molecule has 1 aliphatic rings. The number of hydrogen-bond donors (Lipinski definition) is 2. The predicted molar refractivity (Wildman–Crippen MR) is 84.9 cm³/mol. The Kier molecular flexibility index (Phi) is 5.41. The van der Waals surface area contributed by atoms with Crippen LogP contribution in [0.5, 0.6) is 11.5 Å². The van der Waals surface area contributed by atoms with E-state index in [0.717, 1.165) is 31.2 Å². The molecule has 0 spiro atoms. The monoisotopic (exact) mass is 305 g/mol. The molecule has 0 saturated heterocycles. The zero-order valence-electron chi connectivity index (χ0n) is 12.9. The van der Waals surface area contributed by atoms with E-state index in [1.54, 1.807) is 24.4 Å². The van der Waals surface area contributed by atoms with Gasteiger partial charge in [0.1, 0.15) is 0 Å². The van der Waals surface area contributed by atoms with Crippen molar-refractivity contribution in [1.82, 2.24) is 0 Å². The summed E-state index contributed by atoms with van der Waals surface area (Å²) in [5.74, 6) is -0.250. The van der Waals surface area contributed by atoms with Crippen molar-refractivity contribution in [2.45, 2.75) is 38.5 Å². The lowest BCUT2D eigenvalue weighted by Crippen LogP contribution is -2.30. The van der Waals surface area contributed by atoms with Crippen molar-refractivity contribution in [2.75, 3.05) is 13.7 Å². The highest BCUT2D eigenvalue weighted by molar-refractivity contribution is 5.81. The third-order valence-electron chi connectivity index (χ3n) is 4.31. The third-order valence-corrected chi connectivity index (χ3v) is 4.31. The van der Waals surface area contributed by atoms with Crippen molar-refractivity contribution in [3.63, 3.8) is 0 Å². The molecular formula is C17H23NO4. The van der Waals surface area contributed by atoms with Crippen molar-refractivity contribution in [1.29, 1.82) is 0 Å². The van der Waals surface area contributed by atoms with E-state index in [0.29, 0.717) is 12.3 Å². The minimum atomic E-state index is -0.747. The summed E-state index contributed by atoms with van der Waals surface area (Å²) in [7, 11) is 1.50. The number of hydrogen-bond acceptors (Lipinski definition) is 4. The zero-order valence-corrected chi connectivity index (χ0v) is 12.9. The van der Waals surface area contributed by atoms with E-state index in [1.807, 2.05) is 0 Å². The fourth-order valence-corrected chi connectivity index (χ4v) is 3.13. The van der Waals surface area contributed by atoms with Crippen LogP contribution in [0.1, 0.15) is 44.1 Å². The number of aromatic hydroxyl groups is 1. The van der Waals surface area contributed by atoms with Gasteiger partial charge >= 0.3 is 5.97 Å². The maximum Gasteiger partial charge on any atom is 0.303 e. The van der Waals surface area contributed by atoms with Crippen LogP contribution >= 0.6 is 0 Å². The van der Waals surface area contributed by atoms with Crippen LogP contribution in [0.15, 0.2) is 23.2 Å². The molecule has 2 rings (SSSR count). The van der Waals surface area contributed by atoms with Gasteiger partial charge in [0.05, 0.1) is 13.5 Å². The lowest BCUT2D eigenvalue weighted by molar-refractivity contribution is -0.140.